The zero-order chi connectivity index (χ0) is 8.97. The van der Waals surface area contributed by atoms with Gasteiger partial charge >= 0.3 is 0 Å². The second-order valence-electron chi connectivity index (χ2n) is 2.91. The van der Waals surface area contributed by atoms with Crippen molar-refractivity contribution in [2.45, 2.75) is 13.8 Å². The number of rotatable bonds is 2. The molecule has 0 fully saturated rings. The predicted molar refractivity (Wildman–Crippen MR) is 52.2 cm³/mol. The monoisotopic (exact) mass is 183 g/mol. The second kappa shape index (κ2) is 4.21. The molecule has 1 heterocycles. The van der Waals surface area contributed by atoms with Crippen molar-refractivity contribution in [1.82, 2.24) is 4.57 Å². The van der Waals surface area contributed by atoms with Gasteiger partial charge in [0.2, 0.25) is 4.80 Å². The lowest BCUT2D eigenvalue weighted by Gasteiger charge is -1.88. The first-order valence-corrected chi connectivity index (χ1v) is 4.75. The van der Waals surface area contributed by atoms with Crippen LogP contribution in [0.1, 0.15) is 13.8 Å². The van der Waals surface area contributed by atoms with Crippen LogP contribution < -0.4 is 4.80 Å². The lowest BCUT2D eigenvalue weighted by atomic mass is 10.3. The van der Waals surface area contributed by atoms with Crippen LogP contribution in [0.15, 0.2) is 21.8 Å². The van der Waals surface area contributed by atoms with Crippen molar-refractivity contribution in [3.8, 4) is 0 Å². The van der Waals surface area contributed by atoms with Gasteiger partial charge in [-0.1, -0.05) is 13.8 Å². The summed E-state index contributed by atoms with van der Waals surface area (Å²) >= 11 is 1.58. The highest BCUT2D eigenvalue weighted by Gasteiger charge is 1.86. The lowest BCUT2D eigenvalue weighted by molar-refractivity contribution is 0.846. The Hall–Kier alpha value is -0.900. The van der Waals surface area contributed by atoms with Crippen molar-refractivity contribution in [2.75, 3.05) is 0 Å². The first-order chi connectivity index (χ1) is 5.70. The van der Waals surface area contributed by atoms with Gasteiger partial charge in [-0.25, -0.2) is 0 Å². The summed E-state index contributed by atoms with van der Waals surface area (Å²) in [4.78, 5) is 0.923. The molecule has 0 radical (unpaired) electrons. The molecule has 0 amide bonds. The van der Waals surface area contributed by atoms with E-state index in [9.17, 15) is 0 Å². The van der Waals surface area contributed by atoms with E-state index in [-0.39, 0.29) is 0 Å². The fourth-order valence-electron chi connectivity index (χ4n) is 0.640. The average molecular weight is 183 g/mol. The minimum absolute atomic E-state index is 0.457. The fraction of sp³-hybridized carbons (Fsp3) is 0.500. The number of aryl methyl sites for hydroxylation is 1. The van der Waals surface area contributed by atoms with Crippen molar-refractivity contribution >= 4 is 17.6 Å². The van der Waals surface area contributed by atoms with E-state index in [4.69, 9.17) is 0 Å². The van der Waals surface area contributed by atoms with E-state index >= 15 is 0 Å². The Morgan fingerprint density at radius 2 is 2.33 bits per heavy atom. The van der Waals surface area contributed by atoms with Gasteiger partial charge in [-0.15, -0.1) is 16.4 Å². The van der Waals surface area contributed by atoms with Crippen LogP contribution in [0, 0.1) is 5.92 Å². The Labute approximate surface area is 76.1 Å². The largest absolute Gasteiger partial charge is 0.325 e. The molecule has 1 rings (SSSR count). The standard InChI is InChI=1S/C8H13N3S/c1-7(2)6-9-10-8-11(3)4-5-12-8/h4-7H,1-3H3/b9-6+,10-8-. The number of thiazole rings is 1. The van der Waals surface area contributed by atoms with Gasteiger partial charge in [-0.05, 0) is 5.92 Å². The highest BCUT2D eigenvalue weighted by molar-refractivity contribution is 7.07. The Morgan fingerprint density at radius 1 is 1.58 bits per heavy atom. The van der Waals surface area contributed by atoms with Gasteiger partial charge in [0.1, 0.15) is 0 Å². The molecule has 0 aromatic carbocycles. The molecule has 0 saturated heterocycles. The van der Waals surface area contributed by atoms with Gasteiger partial charge in [0.05, 0.1) is 0 Å². The minimum atomic E-state index is 0.457. The van der Waals surface area contributed by atoms with E-state index in [1.54, 1.807) is 11.3 Å². The van der Waals surface area contributed by atoms with Gasteiger partial charge in [0, 0.05) is 24.8 Å². The minimum Gasteiger partial charge on any atom is -0.325 e. The van der Waals surface area contributed by atoms with Gasteiger partial charge < -0.3 is 4.57 Å². The summed E-state index contributed by atoms with van der Waals surface area (Å²) in [6, 6.07) is 0. The molecular formula is C8H13N3S. The van der Waals surface area contributed by atoms with Crippen LogP contribution in [0.5, 0.6) is 0 Å². The third kappa shape index (κ3) is 2.62. The van der Waals surface area contributed by atoms with Crippen molar-refractivity contribution in [2.24, 2.45) is 23.2 Å². The van der Waals surface area contributed by atoms with Crippen molar-refractivity contribution in [1.29, 1.82) is 0 Å². The van der Waals surface area contributed by atoms with Crippen molar-refractivity contribution in [3.63, 3.8) is 0 Å². The van der Waals surface area contributed by atoms with E-state index < -0.39 is 0 Å². The summed E-state index contributed by atoms with van der Waals surface area (Å²) in [7, 11) is 1.96. The summed E-state index contributed by atoms with van der Waals surface area (Å²) < 4.78 is 1.95. The smallest absolute Gasteiger partial charge is 0.210 e. The third-order valence-corrected chi connectivity index (χ3v) is 2.11. The van der Waals surface area contributed by atoms with Crippen molar-refractivity contribution < 1.29 is 0 Å². The summed E-state index contributed by atoms with van der Waals surface area (Å²) in [6.07, 6.45) is 3.80. The predicted octanol–water partition coefficient (Wildman–Crippen LogP) is 1.63. The van der Waals surface area contributed by atoms with Crippen LogP contribution in [-0.2, 0) is 7.05 Å². The topological polar surface area (TPSA) is 29.6 Å². The summed E-state index contributed by atoms with van der Waals surface area (Å²) in [5, 5.41) is 10.0. The van der Waals surface area contributed by atoms with Crippen LogP contribution in [-0.4, -0.2) is 10.8 Å². The molecule has 66 valence electrons. The molecule has 0 N–H and O–H groups in total. The molecule has 0 aliphatic heterocycles. The maximum atomic E-state index is 4.06. The maximum Gasteiger partial charge on any atom is 0.210 e. The number of hydrogen-bond donors (Lipinski definition) is 0. The highest BCUT2D eigenvalue weighted by Crippen LogP contribution is 1.88. The molecule has 1 aromatic rings. The van der Waals surface area contributed by atoms with Crippen LogP contribution in [0.3, 0.4) is 0 Å². The molecule has 0 saturated carbocycles. The Bertz CT molecular complexity index is 319. The maximum absolute atomic E-state index is 4.06. The normalized spacial score (nSPS) is 13.5. The molecule has 0 aliphatic carbocycles. The molecule has 0 spiro atoms. The zero-order valence-corrected chi connectivity index (χ0v) is 8.38. The first kappa shape index (κ1) is 9.19. The first-order valence-electron chi connectivity index (χ1n) is 3.87. The summed E-state index contributed by atoms with van der Waals surface area (Å²) in [5.41, 5.74) is 0. The van der Waals surface area contributed by atoms with Gasteiger partial charge in [-0.3, -0.25) is 0 Å². The van der Waals surface area contributed by atoms with Gasteiger partial charge in [-0.2, -0.15) is 5.10 Å². The highest BCUT2D eigenvalue weighted by atomic mass is 32.1. The number of hydrogen-bond acceptors (Lipinski definition) is 3. The van der Waals surface area contributed by atoms with E-state index in [1.165, 1.54) is 0 Å². The van der Waals surface area contributed by atoms with Crippen LogP contribution >= 0.6 is 11.3 Å². The summed E-state index contributed by atoms with van der Waals surface area (Å²) in [6.45, 7) is 4.15. The molecule has 0 atom stereocenters. The molecule has 3 nitrogen and oxygen atoms in total. The lowest BCUT2D eigenvalue weighted by Crippen LogP contribution is -2.07. The number of aromatic nitrogens is 1. The molecule has 0 aliphatic rings. The van der Waals surface area contributed by atoms with E-state index in [0.717, 1.165) is 4.80 Å². The van der Waals surface area contributed by atoms with E-state index in [0.29, 0.717) is 5.92 Å². The summed E-state index contributed by atoms with van der Waals surface area (Å²) in [5.74, 6) is 0.457. The molecular weight excluding hydrogens is 170 g/mol. The van der Waals surface area contributed by atoms with Crippen LogP contribution in [0.25, 0.3) is 0 Å². The second-order valence-corrected chi connectivity index (χ2v) is 3.78. The fourth-order valence-corrected chi connectivity index (χ4v) is 1.33. The quantitative estimate of drug-likeness (QED) is 0.493. The Balaban J connectivity index is 2.78. The molecule has 4 heteroatoms. The van der Waals surface area contributed by atoms with Crippen molar-refractivity contribution in [3.05, 3.63) is 16.4 Å². The third-order valence-electron chi connectivity index (χ3n) is 1.27. The van der Waals surface area contributed by atoms with Crippen LogP contribution in [0.4, 0.5) is 0 Å². The molecule has 0 bridgehead atoms. The van der Waals surface area contributed by atoms with Gasteiger partial charge in [0.15, 0.2) is 0 Å². The van der Waals surface area contributed by atoms with Gasteiger partial charge in [0.25, 0.3) is 0 Å². The SMILES string of the molecule is CC(C)/C=N/N=c1\sccn1C. The Kier molecular flexibility index (Phi) is 3.22. The van der Waals surface area contributed by atoms with E-state index in [1.807, 2.05) is 29.4 Å². The van der Waals surface area contributed by atoms with E-state index in [2.05, 4.69) is 24.1 Å². The Morgan fingerprint density at radius 3 is 2.83 bits per heavy atom. The zero-order valence-electron chi connectivity index (χ0n) is 7.56. The number of nitrogens with zero attached hydrogens (tertiary/aromatic N) is 3. The molecule has 0 unspecified atom stereocenters. The molecule has 1 aromatic heterocycles. The van der Waals surface area contributed by atoms with Crippen LogP contribution in [0.2, 0.25) is 0 Å². The molecule has 12 heavy (non-hydrogen) atoms. The average Bonchev–Trinajstić information content (AvgIpc) is 2.36.